The summed E-state index contributed by atoms with van der Waals surface area (Å²) >= 11 is 0. The van der Waals surface area contributed by atoms with Crippen molar-refractivity contribution in [2.45, 2.75) is 42.9 Å². The van der Waals surface area contributed by atoms with Crippen LogP contribution in [0.2, 0.25) is 0 Å². The molecule has 3 atom stereocenters. The van der Waals surface area contributed by atoms with Gasteiger partial charge in [0, 0.05) is 6.04 Å². The summed E-state index contributed by atoms with van der Waals surface area (Å²) in [6.07, 6.45) is 1.42. The van der Waals surface area contributed by atoms with Crippen LogP contribution in [0, 0.1) is 11.7 Å². The van der Waals surface area contributed by atoms with Crippen molar-refractivity contribution in [1.29, 1.82) is 0 Å². The Morgan fingerprint density at radius 3 is 2.63 bits per heavy atom. The minimum absolute atomic E-state index is 0.00422. The van der Waals surface area contributed by atoms with Crippen LogP contribution in [0.15, 0.2) is 29.2 Å². The van der Waals surface area contributed by atoms with Crippen LogP contribution < -0.4 is 5.32 Å². The second-order valence-electron chi connectivity index (χ2n) is 5.11. The molecule has 0 radical (unpaired) electrons. The summed E-state index contributed by atoms with van der Waals surface area (Å²) in [6.45, 7) is 4.76. The molecule has 0 spiro atoms. The van der Waals surface area contributed by atoms with Crippen molar-refractivity contribution in [2.75, 3.05) is 6.54 Å². The van der Waals surface area contributed by atoms with Gasteiger partial charge in [0.2, 0.25) is 0 Å². The summed E-state index contributed by atoms with van der Waals surface area (Å²) in [4.78, 5) is -0.163. The monoisotopic (exact) mass is 285 g/mol. The molecule has 1 aliphatic rings. The summed E-state index contributed by atoms with van der Waals surface area (Å²) in [5, 5.41) is 2.81. The van der Waals surface area contributed by atoms with E-state index in [1.807, 2.05) is 13.8 Å². The number of halogens is 1. The molecule has 0 bridgehead atoms. The Bertz CT molecular complexity index is 544. The zero-order valence-corrected chi connectivity index (χ0v) is 12.1. The lowest BCUT2D eigenvalue weighted by atomic mass is 10.1. The van der Waals surface area contributed by atoms with Gasteiger partial charge in [0.05, 0.1) is 5.25 Å². The number of hydrogen-bond acceptors (Lipinski definition) is 3. The van der Waals surface area contributed by atoms with Crippen molar-refractivity contribution >= 4 is 9.84 Å². The maximum Gasteiger partial charge on any atom is 0.184 e. The predicted octanol–water partition coefficient (Wildman–Crippen LogP) is 2.38. The number of nitrogens with one attached hydrogen (secondary N) is 1. The van der Waals surface area contributed by atoms with Crippen LogP contribution in [0.5, 0.6) is 0 Å². The van der Waals surface area contributed by atoms with Crippen LogP contribution in [0.25, 0.3) is 0 Å². The quantitative estimate of drug-likeness (QED) is 0.924. The molecule has 1 aliphatic carbocycles. The highest BCUT2D eigenvalue weighted by Crippen LogP contribution is 2.35. The highest BCUT2D eigenvalue weighted by Gasteiger charge is 2.41. The molecular formula is C14H20FNO2S. The van der Waals surface area contributed by atoms with Crippen LogP contribution in [0.1, 0.15) is 26.7 Å². The topological polar surface area (TPSA) is 46.2 Å². The van der Waals surface area contributed by atoms with Gasteiger partial charge in [-0.05, 0) is 37.4 Å². The van der Waals surface area contributed by atoms with E-state index in [1.165, 1.54) is 18.2 Å². The highest BCUT2D eigenvalue weighted by atomic mass is 32.2. The van der Waals surface area contributed by atoms with E-state index in [2.05, 4.69) is 5.32 Å². The molecule has 0 amide bonds. The summed E-state index contributed by atoms with van der Waals surface area (Å²) in [5.74, 6) is -0.647. The van der Waals surface area contributed by atoms with Crippen LogP contribution >= 0.6 is 0 Å². The summed E-state index contributed by atoms with van der Waals surface area (Å²) < 4.78 is 38.8. The first-order chi connectivity index (χ1) is 8.98. The molecule has 0 aliphatic heterocycles. The molecule has 3 nitrogen and oxygen atoms in total. The number of sulfone groups is 1. The molecule has 0 aromatic heterocycles. The second kappa shape index (κ2) is 5.59. The van der Waals surface area contributed by atoms with E-state index in [9.17, 15) is 12.8 Å². The molecule has 1 fully saturated rings. The minimum Gasteiger partial charge on any atom is -0.314 e. The molecule has 3 unspecified atom stereocenters. The molecule has 0 saturated heterocycles. The standard InChI is InChI=1S/C14H20FNO2S/c1-3-16-12-8-9-13(10(12)2)19(17,18)14-7-5-4-6-11(14)15/h4-7,10,12-13,16H,3,8-9H2,1-2H3. The SMILES string of the molecule is CCNC1CCC(S(=O)(=O)c2ccccc2F)C1C. The lowest BCUT2D eigenvalue weighted by molar-refractivity contribution is 0.432. The lowest BCUT2D eigenvalue weighted by Gasteiger charge is -2.21. The normalized spacial score (nSPS) is 27.6. The van der Waals surface area contributed by atoms with E-state index < -0.39 is 20.9 Å². The molecule has 1 N–H and O–H groups in total. The average Bonchev–Trinajstić information content (AvgIpc) is 2.72. The van der Waals surface area contributed by atoms with E-state index in [4.69, 9.17) is 0 Å². The average molecular weight is 285 g/mol. The molecule has 0 heterocycles. The zero-order chi connectivity index (χ0) is 14.0. The van der Waals surface area contributed by atoms with Gasteiger partial charge in [0.25, 0.3) is 0 Å². The highest BCUT2D eigenvalue weighted by molar-refractivity contribution is 7.92. The van der Waals surface area contributed by atoms with E-state index >= 15 is 0 Å². The van der Waals surface area contributed by atoms with Crippen LogP contribution in [0.4, 0.5) is 4.39 Å². The molecule has 1 aromatic carbocycles. The van der Waals surface area contributed by atoms with Crippen molar-refractivity contribution in [3.8, 4) is 0 Å². The van der Waals surface area contributed by atoms with Gasteiger partial charge in [-0.25, -0.2) is 12.8 Å². The Kier molecular flexibility index (Phi) is 4.26. The Hall–Kier alpha value is -0.940. The molecule has 106 valence electrons. The largest absolute Gasteiger partial charge is 0.314 e. The van der Waals surface area contributed by atoms with Crippen molar-refractivity contribution in [2.24, 2.45) is 5.92 Å². The summed E-state index contributed by atoms with van der Waals surface area (Å²) in [6, 6.07) is 5.84. The maximum absolute atomic E-state index is 13.7. The van der Waals surface area contributed by atoms with E-state index in [0.717, 1.165) is 13.0 Å². The Balaban J connectivity index is 2.29. The van der Waals surface area contributed by atoms with Crippen molar-refractivity contribution < 1.29 is 12.8 Å². The second-order valence-corrected chi connectivity index (χ2v) is 7.25. The molecular weight excluding hydrogens is 265 g/mol. The molecule has 19 heavy (non-hydrogen) atoms. The van der Waals surface area contributed by atoms with Crippen molar-refractivity contribution in [1.82, 2.24) is 5.32 Å². The van der Waals surface area contributed by atoms with Crippen LogP contribution in [-0.4, -0.2) is 26.3 Å². The fraction of sp³-hybridized carbons (Fsp3) is 0.571. The van der Waals surface area contributed by atoms with Gasteiger partial charge in [-0.15, -0.1) is 0 Å². The first-order valence-corrected chi connectivity index (χ1v) is 8.25. The lowest BCUT2D eigenvalue weighted by Crippen LogP contribution is -2.36. The fourth-order valence-electron chi connectivity index (χ4n) is 2.96. The summed E-state index contributed by atoms with van der Waals surface area (Å²) in [5.41, 5.74) is 0. The van der Waals surface area contributed by atoms with Crippen LogP contribution in [0.3, 0.4) is 0 Å². The van der Waals surface area contributed by atoms with Gasteiger partial charge in [-0.1, -0.05) is 26.0 Å². The maximum atomic E-state index is 13.7. The number of hydrogen-bond donors (Lipinski definition) is 1. The zero-order valence-electron chi connectivity index (χ0n) is 11.3. The van der Waals surface area contributed by atoms with E-state index in [0.29, 0.717) is 6.42 Å². The van der Waals surface area contributed by atoms with Gasteiger partial charge < -0.3 is 5.32 Å². The van der Waals surface area contributed by atoms with Gasteiger partial charge in [-0.2, -0.15) is 0 Å². The first kappa shape index (κ1) is 14.5. The first-order valence-electron chi connectivity index (χ1n) is 6.70. The van der Waals surface area contributed by atoms with Crippen LogP contribution in [-0.2, 0) is 9.84 Å². The fourth-order valence-corrected chi connectivity index (χ4v) is 5.09. The molecule has 2 rings (SSSR count). The van der Waals surface area contributed by atoms with E-state index in [-0.39, 0.29) is 16.9 Å². The van der Waals surface area contributed by atoms with E-state index in [1.54, 1.807) is 6.07 Å². The van der Waals surface area contributed by atoms with Gasteiger partial charge in [0.15, 0.2) is 9.84 Å². The molecule has 1 saturated carbocycles. The molecule has 1 aromatic rings. The Morgan fingerprint density at radius 2 is 2.00 bits per heavy atom. The summed E-state index contributed by atoms with van der Waals surface area (Å²) in [7, 11) is -3.58. The Labute approximate surface area is 114 Å². The van der Waals surface area contributed by atoms with Gasteiger partial charge >= 0.3 is 0 Å². The van der Waals surface area contributed by atoms with Gasteiger partial charge in [0.1, 0.15) is 10.7 Å². The van der Waals surface area contributed by atoms with Crippen molar-refractivity contribution in [3.63, 3.8) is 0 Å². The Morgan fingerprint density at radius 1 is 1.32 bits per heavy atom. The minimum atomic E-state index is -3.58. The smallest absolute Gasteiger partial charge is 0.184 e. The predicted molar refractivity (Wildman–Crippen MR) is 73.2 cm³/mol. The van der Waals surface area contributed by atoms with Crippen molar-refractivity contribution in [3.05, 3.63) is 30.1 Å². The third-order valence-corrected chi connectivity index (χ3v) is 6.40. The number of benzene rings is 1. The molecule has 5 heteroatoms. The number of rotatable bonds is 4. The third-order valence-electron chi connectivity index (χ3n) is 3.99. The van der Waals surface area contributed by atoms with Gasteiger partial charge in [-0.3, -0.25) is 0 Å². The third kappa shape index (κ3) is 2.67.